The second-order valence-electron chi connectivity index (χ2n) is 7.00. The molecule has 0 aliphatic carbocycles. The molecular formula is C21H24F2N6O2S. The molecule has 2 unspecified atom stereocenters. The van der Waals surface area contributed by atoms with E-state index in [-0.39, 0.29) is 23.1 Å². The Kier molecular flexibility index (Phi) is 7.31. The lowest BCUT2D eigenvalue weighted by molar-refractivity contribution is -0.144. The molecule has 1 aliphatic heterocycles. The first-order chi connectivity index (χ1) is 15.3. The van der Waals surface area contributed by atoms with Crippen molar-refractivity contribution in [3.8, 4) is 0 Å². The molecule has 170 valence electrons. The molecule has 0 spiro atoms. The second-order valence-corrected chi connectivity index (χ2v) is 8.27. The van der Waals surface area contributed by atoms with Crippen molar-refractivity contribution in [3.05, 3.63) is 71.3 Å². The Balaban J connectivity index is 2.10. The van der Waals surface area contributed by atoms with Crippen molar-refractivity contribution < 1.29 is 18.3 Å². The quantitative estimate of drug-likeness (QED) is 0.240. The van der Waals surface area contributed by atoms with E-state index in [1.165, 1.54) is 12.1 Å². The summed E-state index contributed by atoms with van der Waals surface area (Å²) >= 11 is 1.15. The van der Waals surface area contributed by atoms with Gasteiger partial charge in [0.25, 0.3) is 5.91 Å². The van der Waals surface area contributed by atoms with E-state index in [1.807, 2.05) is 30.3 Å². The van der Waals surface area contributed by atoms with Gasteiger partial charge in [0.05, 0.1) is 0 Å². The zero-order chi connectivity index (χ0) is 23.3. The molecule has 0 fully saturated rings. The summed E-state index contributed by atoms with van der Waals surface area (Å²) in [6.07, 6.45) is -0.519. The highest BCUT2D eigenvalue weighted by Crippen LogP contribution is 2.50. The number of nitrogens with zero attached hydrogens (tertiary/aromatic N) is 3. The fourth-order valence-corrected chi connectivity index (χ4v) is 4.60. The minimum Gasteiger partial charge on any atom is -0.372 e. The molecule has 11 heteroatoms. The van der Waals surface area contributed by atoms with Gasteiger partial charge in [-0.1, -0.05) is 42.1 Å². The van der Waals surface area contributed by atoms with E-state index in [1.54, 1.807) is 6.92 Å². The van der Waals surface area contributed by atoms with Gasteiger partial charge in [-0.2, -0.15) is 5.10 Å². The van der Waals surface area contributed by atoms with Crippen LogP contribution in [0.1, 0.15) is 24.5 Å². The van der Waals surface area contributed by atoms with Crippen LogP contribution in [0.2, 0.25) is 0 Å². The van der Waals surface area contributed by atoms with Crippen LogP contribution in [0.15, 0.2) is 58.7 Å². The maximum absolute atomic E-state index is 14.6. The summed E-state index contributed by atoms with van der Waals surface area (Å²) in [7, 11) is 1.41. The Hall–Kier alpha value is -3.18. The number of hydrogen-bond donors (Lipinski definition) is 3. The largest absolute Gasteiger partial charge is 0.372 e. The Bertz CT molecular complexity index is 1030. The predicted molar refractivity (Wildman–Crippen MR) is 120 cm³/mol. The number of guanidine groups is 1. The molecule has 2 atom stereocenters. The van der Waals surface area contributed by atoms with E-state index in [4.69, 9.17) is 16.2 Å². The zero-order valence-corrected chi connectivity index (χ0v) is 18.4. The van der Waals surface area contributed by atoms with E-state index < -0.39 is 28.5 Å². The number of rotatable bonds is 8. The minimum absolute atomic E-state index is 0.0344. The van der Waals surface area contributed by atoms with Crippen molar-refractivity contribution in [1.29, 1.82) is 0 Å². The van der Waals surface area contributed by atoms with Gasteiger partial charge in [-0.3, -0.25) is 4.79 Å². The van der Waals surface area contributed by atoms with Crippen LogP contribution in [0.3, 0.4) is 0 Å². The third-order valence-electron chi connectivity index (χ3n) is 4.88. The number of ether oxygens (including phenoxy) is 1. The summed E-state index contributed by atoms with van der Waals surface area (Å²) in [6, 6.07) is 12.3. The van der Waals surface area contributed by atoms with Crippen LogP contribution >= 0.6 is 11.8 Å². The fourth-order valence-electron chi connectivity index (χ4n) is 3.22. The number of amides is 1. The van der Waals surface area contributed by atoms with Crippen LogP contribution in [0.4, 0.5) is 8.78 Å². The number of nitrogens with one attached hydrogen (secondary N) is 1. The smallest absolute Gasteiger partial charge is 0.273 e. The van der Waals surface area contributed by atoms with E-state index in [0.717, 1.165) is 35.5 Å². The Morgan fingerprint density at radius 3 is 2.66 bits per heavy atom. The van der Waals surface area contributed by atoms with Crippen molar-refractivity contribution in [1.82, 2.24) is 10.4 Å². The standard InChI is InChI=1S/C21H24F2N6O2S/c1-13(31-2)19(30)29-21(10-11-26-27-20(24)25,14-6-4-3-5-7-14)32-18(28-29)16-12-15(22)8-9-17(16)23/h3-9,12-13,26H,10-11H2,1-2H3,(H4,24,25,27). The Morgan fingerprint density at radius 1 is 1.28 bits per heavy atom. The predicted octanol–water partition coefficient (Wildman–Crippen LogP) is 2.26. The first-order valence-electron chi connectivity index (χ1n) is 9.75. The van der Waals surface area contributed by atoms with Crippen molar-refractivity contribution >= 4 is 28.7 Å². The van der Waals surface area contributed by atoms with Crippen LogP contribution in [-0.4, -0.2) is 41.7 Å². The molecule has 0 saturated heterocycles. The molecule has 0 saturated carbocycles. The summed E-state index contributed by atoms with van der Waals surface area (Å²) in [5.74, 6) is -1.83. The third kappa shape index (κ3) is 4.83. The number of halogens is 2. The summed E-state index contributed by atoms with van der Waals surface area (Å²) in [5, 5.41) is 9.66. The van der Waals surface area contributed by atoms with Crippen molar-refractivity contribution in [3.63, 3.8) is 0 Å². The molecule has 2 aromatic rings. The zero-order valence-electron chi connectivity index (χ0n) is 17.6. The molecule has 0 aromatic heterocycles. The summed E-state index contributed by atoms with van der Waals surface area (Å²) in [6.45, 7) is 1.86. The van der Waals surface area contributed by atoms with Gasteiger partial charge in [-0.25, -0.2) is 13.8 Å². The monoisotopic (exact) mass is 462 g/mol. The number of carbonyl (C=O) groups is 1. The average molecular weight is 463 g/mol. The highest BCUT2D eigenvalue weighted by Gasteiger charge is 2.49. The number of nitrogens with two attached hydrogens (primary N) is 2. The lowest BCUT2D eigenvalue weighted by Gasteiger charge is -2.36. The van der Waals surface area contributed by atoms with Gasteiger partial charge in [0.15, 0.2) is 0 Å². The van der Waals surface area contributed by atoms with Gasteiger partial charge in [0, 0.05) is 25.6 Å². The van der Waals surface area contributed by atoms with Crippen molar-refractivity contribution in [2.75, 3.05) is 13.7 Å². The first-order valence-corrected chi connectivity index (χ1v) is 10.6. The van der Waals surface area contributed by atoms with E-state index >= 15 is 0 Å². The van der Waals surface area contributed by atoms with E-state index in [2.05, 4.69) is 15.6 Å². The molecule has 3 rings (SSSR count). The number of thioether (sulfide) groups is 1. The Labute approximate surface area is 188 Å². The van der Waals surface area contributed by atoms with E-state index in [0.29, 0.717) is 6.42 Å². The molecule has 0 bridgehead atoms. The average Bonchev–Trinajstić information content (AvgIpc) is 3.18. The number of hydrogen-bond acceptors (Lipinski definition) is 6. The number of carbonyl (C=O) groups excluding carboxylic acids is 1. The maximum atomic E-state index is 14.6. The van der Waals surface area contributed by atoms with Gasteiger partial charge in [0.2, 0.25) is 5.96 Å². The number of methoxy groups -OCH3 is 1. The van der Waals surface area contributed by atoms with Crippen LogP contribution < -0.4 is 16.9 Å². The van der Waals surface area contributed by atoms with Crippen molar-refractivity contribution in [2.45, 2.75) is 24.3 Å². The summed E-state index contributed by atoms with van der Waals surface area (Å²) in [5.41, 5.74) is 14.2. The van der Waals surface area contributed by atoms with Crippen LogP contribution in [-0.2, 0) is 14.4 Å². The molecule has 32 heavy (non-hydrogen) atoms. The van der Waals surface area contributed by atoms with Crippen LogP contribution in [0.5, 0.6) is 0 Å². The van der Waals surface area contributed by atoms with Gasteiger partial charge in [-0.15, -0.1) is 5.10 Å². The summed E-state index contributed by atoms with van der Waals surface area (Å²) < 4.78 is 33.7. The van der Waals surface area contributed by atoms with Gasteiger partial charge >= 0.3 is 0 Å². The number of hydrazone groups is 2. The normalized spacial score (nSPS) is 18.8. The molecule has 8 nitrogen and oxygen atoms in total. The van der Waals surface area contributed by atoms with Crippen LogP contribution in [0.25, 0.3) is 0 Å². The molecule has 2 aromatic carbocycles. The highest BCUT2D eigenvalue weighted by molar-refractivity contribution is 8.15. The second kappa shape index (κ2) is 9.96. The molecule has 1 amide bonds. The first kappa shape index (κ1) is 23.5. The molecule has 5 N–H and O–H groups in total. The molecule has 1 aliphatic rings. The van der Waals surface area contributed by atoms with Gasteiger partial charge in [0.1, 0.15) is 27.7 Å². The summed E-state index contributed by atoms with van der Waals surface area (Å²) in [4.78, 5) is 12.2. The topological polar surface area (TPSA) is 118 Å². The SMILES string of the molecule is COC(C)C(=O)N1N=C(c2cc(F)ccc2F)SC1(CCNN=C(N)N)c1ccccc1. The third-order valence-corrected chi connectivity index (χ3v) is 6.32. The molecule has 1 heterocycles. The lowest BCUT2D eigenvalue weighted by atomic mass is 10.0. The van der Waals surface area contributed by atoms with Crippen molar-refractivity contribution in [2.24, 2.45) is 21.7 Å². The number of benzene rings is 2. The fraction of sp³-hybridized carbons (Fsp3) is 0.286. The lowest BCUT2D eigenvalue weighted by Crippen LogP contribution is -2.47. The van der Waals surface area contributed by atoms with Crippen LogP contribution in [0, 0.1) is 11.6 Å². The molecule has 0 radical (unpaired) electrons. The highest BCUT2D eigenvalue weighted by atomic mass is 32.2. The van der Waals surface area contributed by atoms with Gasteiger partial charge in [-0.05, 0) is 30.7 Å². The maximum Gasteiger partial charge on any atom is 0.273 e. The minimum atomic E-state index is -1.08. The Morgan fingerprint density at radius 2 is 2.00 bits per heavy atom. The van der Waals surface area contributed by atoms with Gasteiger partial charge < -0.3 is 21.6 Å². The molecular weight excluding hydrogens is 438 g/mol. The van der Waals surface area contributed by atoms with E-state index in [9.17, 15) is 13.6 Å².